The summed E-state index contributed by atoms with van der Waals surface area (Å²) in [6, 6.07) is 15.3. The quantitative estimate of drug-likeness (QED) is 0.623. The van der Waals surface area contributed by atoms with Crippen molar-refractivity contribution in [1.82, 2.24) is 15.0 Å². The van der Waals surface area contributed by atoms with Gasteiger partial charge in [0.2, 0.25) is 5.82 Å². The molecule has 0 N–H and O–H groups in total. The van der Waals surface area contributed by atoms with Gasteiger partial charge >= 0.3 is 0 Å². The lowest BCUT2D eigenvalue weighted by atomic mass is 10.2. The maximum atomic E-state index is 6.01. The van der Waals surface area contributed by atoms with E-state index in [2.05, 4.69) is 15.0 Å². The van der Waals surface area contributed by atoms with Crippen LogP contribution < -0.4 is 9.47 Å². The Morgan fingerprint density at radius 1 is 1.04 bits per heavy atom. The van der Waals surface area contributed by atoms with Crippen LogP contribution >= 0.6 is 0 Å². The second-order valence-electron chi connectivity index (χ2n) is 6.45. The molecule has 1 aliphatic heterocycles. The first-order valence-corrected chi connectivity index (χ1v) is 9.34. The van der Waals surface area contributed by atoms with E-state index in [4.69, 9.17) is 18.7 Å². The Bertz CT molecular complexity index is 889. The minimum Gasteiger partial charge on any atom is -0.497 e. The van der Waals surface area contributed by atoms with Crippen LogP contribution in [0.5, 0.6) is 11.5 Å². The SMILES string of the molecule is COc1ccc(-c2noc(-c3ccccc3OCCN3CCOCC3)n2)cc1. The summed E-state index contributed by atoms with van der Waals surface area (Å²) in [5.41, 5.74) is 1.65. The highest BCUT2D eigenvalue weighted by molar-refractivity contribution is 5.65. The molecule has 7 nitrogen and oxygen atoms in total. The highest BCUT2D eigenvalue weighted by Gasteiger charge is 2.16. The summed E-state index contributed by atoms with van der Waals surface area (Å²) >= 11 is 0. The fourth-order valence-electron chi connectivity index (χ4n) is 3.07. The highest BCUT2D eigenvalue weighted by Crippen LogP contribution is 2.30. The zero-order chi connectivity index (χ0) is 19.2. The summed E-state index contributed by atoms with van der Waals surface area (Å²) in [4.78, 5) is 6.87. The third-order valence-corrected chi connectivity index (χ3v) is 4.66. The monoisotopic (exact) mass is 381 g/mol. The average Bonchev–Trinajstić information content (AvgIpc) is 3.25. The fraction of sp³-hybridized carbons (Fsp3) is 0.333. The molecule has 146 valence electrons. The fourth-order valence-corrected chi connectivity index (χ4v) is 3.07. The number of ether oxygens (including phenoxy) is 3. The molecule has 1 aromatic heterocycles. The zero-order valence-corrected chi connectivity index (χ0v) is 15.8. The van der Waals surface area contributed by atoms with Crippen LogP contribution in [0.3, 0.4) is 0 Å². The average molecular weight is 381 g/mol. The Morgan fingerprint density at radius 2 is 1.82 bits per heavy atom. The molecule has 1 aliphatic rings. The standard InChI is InChI=1S/C21H23N3O4/c1-25-17-8-6-16(7-9-17)20-22-21(28-23-20)18-4-2-3-5-19(18)27-15-12-24-10-13-26-14-11-24/h2-9H,10-15H2,1H3. The summed E-state index contributed by atoms with van der Waals surface area (Å²) in [6.07, 6.45) is 0. The van der Waals surface area contributed by atoms with Gasteiger partial charge in [0.05, 0.1) is 25.9 Å². The van der Waals surface area contributed by atoms with Crippen LogP contribution in [0.15, 0.2) is 53.1 Å². The van der Waals surface area contributed by atoms with Gasteiger partial charge in [0.15, 0.2) is 0 Å². The lowest BCUT2D eigenvalue weighted by molar-refractivity contribution is 0.0323. The van der Waals surface area contributed by atoms with E-state index in [1.165, 1.54) is 0 Å². The van der Waals surface area contributed by atoms with Gasteiger partial charge in [0, 0.05) is 25.2 Å². The number of hydrogen-bond donors (Lipinski definition) is 0. The Labute approximate surface area is 163 Å². The highest BCUT2D eigenvalue weighted by atomic mass is 16.5. The molecule has 4 rings (SSSR count). The van der Waals surface area contributed by atoms with Gasteiger partial charge in [-0.1, -0.05) is 17.3 Å². The van der Waals surface area contributed by atoms with E-state index in [1.807, 2.05) is 48.5 Å². The van der Waals surface area contributed by atoms with Crippen molar-refractivity contribution in [1.29, 1.82) is 0 Å². The molecule has 3 aromatic rings. The minimum atomic E-state index is 0.438. The van der Waals surface area contributed by atoms with Crippen LogP contribution in [0, 0.1) is 0 Å². The summed E-state index contributed by atoms with van der Waals surface area (Å²) in [7, 11) is 1.64. The predicted molar refractivity (Wildman–Crippen MR) is 104 cm³/mol. The normalized spacial score (nSPS) is 14.8. The molecule has 0 amide bonds. The maximum absolute atomic E-state index is 6.01. The van der Waals surface area contributed by atoms with Gasteiger partial charge in [-0.05, 0) is 36.4 Å². The molecule has 0 spiro atoms. The second-order valence-corrected chi connectivity index (χ2v) is 6.45. The first-order chi connectivity index (χ1) is 13.8. The summed E-state index contributed by atoms with van der Waals surface area (Å²) in [5.74, 6) is 2.49. The van der Waals surface area contributed by atoms with E-state index in [0.29, 0.717) is 18.3 Å². The third-order valence-electron chi connectivity index (χ3n) is 4.66. The van der Waals surface area contributed by atoms with E-state index >= 15 is 0 Å². The Balaban J connectivity index is 1.46. The van der Waals surface area contributed by atoms with Gasteiger partial charge in [0.25, 0.3) is 5.89 Å². The number of benzene rings is 2. The lowest BCUT2D eigenvalue weighted by Crippen LogP contribution is -2.38. The Morgan fingerprint density at radius 3 is 2.61 bits per heavy atom. The molecule has 1 fully saturated rings. The number of morpholine rings is 1. The second kappa shape index (κ2) is 8.86. The van der Waals surface area contributed by atoms with E-state index in [0.717, 1.165) is 55.5 Å². The number of rotatable bonds is 7. The molecule has 1 saturated heterocycles. The Kier molecular flexibility index (Phi) is 5.84. The molecule has 2 aromatic carbocycles. The first kappa shape index (κ1) is 18.5. The molecule has 2 heterocycles. The molecule has 0 atom stereocenters. The lowest BCUT2D eigenvalue weighted by Gasteiger charge is -2.26. The molecule has 7 heteroatoms. The first-order valence-electron chi connectivity index (χ1n) is 9.34. The van der Waals surface area contributed by atoms with Crippen molar-refractivity contribution in [2.75, 3.05) is 46.6 Å². The molecule has 0 saturated carbocycles. The van der Waals surface area contributed by atoms with Crippen LogP contribution in [0.25, 0.3) is 22.8 Å². The molecule has 0 bridgehead atoms. The van der Waals surface area contributed by atoms with Crippen molar-refractivity contribution in [2.24, 2.45) is 0 Å². The van der Waals surface area contributed by atoms with Crippen LogP contribution in [0.1, 0.15) is 0 Å². The van der Waals surface area contributed by atoms with Gasteiger partial charge in [0.1, 0.15) is 18.1 Å². The maximum Gasteiger partial charge on any atom is 0.262 e. The van der Waals surface area contributed by atoms with Gasteiger partial charge in [-0.2, -0.15) is 4.98 Å². The van der Waals surface area contributed by atoms with E-state index in [9.17, 15) is 0 Å². The van der Waals surface area contributed by atoms with Crippen molar-refractivity contribution < 1.29 is 18.7 Å². The van der Waals surface area contributed by atoms with Crippen molar-refractivity contribution >= 4 is 0 Å². The van der Waals surface area contributed by atoms with Crippen LogP contribution in [-0.4, -0.2) is 61.6 Å². The molecular formula is C21H23N3O4. The third kappa shape index (κ3) is 4.32. The summed E-state index contributed by atoms with van der Waals surface area (Å²) < 4.78 is 22.1. The summed E-state index contributed by atoms with van der Waals surface area (Å²) in [5, 5.41) is 4.11. The Hall–Kier alpha value is -2.90. The van der Waals surface area contributed by atoms with Gasteiger partial charge < -0.3 is 18.7 Å². The molecule has 0 unspecified atom stereocenters. The topological polar surface area (TPSA) is 69.9 Å². The minimum absolute atomic E-state index is 0.438. The van der Waals surface area contributed by atoms with Crippen molar-refractivity contribution in [3.8, 4) is 34.3 Å². The number of aromatic nitrogens is 2. The van der Waals surface area contributed by atoms with Gasteiger partial charge in [-0.3, -0.25) is 4.90 Å². The number of methoxy groups -OCH3 is 1. The molecule has 0 radical (unpaired) electrons. The molecular weight excluding hydrogens is 358 g/mol. The number of para-hydroxylation sites is 1. The summed E-state index contributed by atoms with van der Waals surface area (Å²) in [6.45, 7) is 4.91. The smallest absolute Gasteiger partial charge is 0.262 e. The van der Waals surface area contributed by atoms with Gasteiger partial charge in [-0.25, -0.2) is 0 Å². The van der Waals surface area contributed by atoms with E-state index in [-0.39, 0.29) is 0 Å². The van der Waals surface area contributed by atoms with E-state index < -0.39 is 0 Å². The van der Waals surface area contributed by atoms with Gasteiger partial charge in [-0.15, -0.1) is 0 Å². The van der Waals surface area contributed by atoms with Crippen LogP contribution in [-0.2, 0) is 4.74 Å². The number of hydrogen-bond acceptors (Lipinski definition) is 7. The van der Waals surface area contributed by atoms with Crippen molar-refractivity contribution in [3.05, 3.63) is 48.5 Å². The zero-order valence-electron chi connectivity index (χ0n) is 15.8. The van der Waals surface area contributed by atoms with Crippen LogP contribution in [0.2, 0.25) is 0 Å². The van der Waals surface area contributed by atoms with E-state index in [1.54, 1.807) is 7.11 Å². The predicted octanol–water partition coefficient (Wildman–Crippen LogP) is 3.12. The molecule has 28 heavy (non-hydrogen) atoms. The van der Waals surface area contributed by atoms with Crippen molar-refractivity contribution in [3.63, 3.8) is 0 Å². The van der Waals surface area contributed by atoms with Crippen LogP contribution in [0.4, 0.5) is 0 Å². The molecule has 0 aliphatic carbocycles. The number of nitrogens with zero attached hydrogens (tertiary/aromatic N) is 3. The largest absolute Gasteiger partial charge is 0.497 e. The van der Waals surface area contributed by atoms with Crippen molar-refractivity contribution in [2.45, 2.75) is 0 Å².